The molecule has 0 saturated carbocycles. The summed E-state index contributed by atoms with van der Waals surface area (Å²) in [5.41, 5.74) is 1.76. The molecule has 0 bridgehead atoms. The van der Waals surface area contributed by atoms with Gasteiger partial charge in [0.05, 0.1) is 28.0 Å². The molecule has 0 amide bonds. The van der Waals surface area contributed by atoms with Gasteiger partial charge >= 0.3 is 0 Å². The zero-order chi connectivity index (χ0) is 14.0. The zero-order valence-corrected chi connectivity index (χ0v) is 13.7. The first-order valence-electron chi connectivity index (χ1n) is 5.90. The van der Waals surface area contributed by atoms with Crippen molar-refractivity contribution >= 4 is 44.8 Å². The van der Waals surface area contributed by atoms with E-state index in [0.717, 1.165) is 15.9 Å². The Hall–Kier alpha value is -0.710. The van der Waals surface area contributed by atoms with Gasteiger partial charge in [-0.3, -0.25) is 4.68 Å². The van der Waals surface area contributed by atoms with E-state index in [2.05, 4.69) is 40.2 Å². The monoisotopic (exact) mass is 361 g/mol. The molecule has 2 aromatic rings. The first-order valence-corrected chi connectivity index (χ1v) is 7.45. The second-order valence-corrected chi connectivity index (χ2v) is 6.07. The molecule has 1 N–H and O–H groups in total. The lowest BCUT2D eigenvalue weighted by atomic mass is 10.3. The SMILES string of the molecule is CC(C)n1ccc(CNc2ccc(Br)c(Cl)c2Cl)n1. The number of nitrogens with zero attached hydrogens (tertiary/aromatic N) is 2. The maximum absolute atomic E-state index is 6.17. The highest BCUT2D eigenvalue weighted by Gasteiger charge is 2.09. The van der Waals surface area contributed by atoms with E-state index in [1.165, 1.54) is 0 Å². The molecule has 1 aromatic heterocycles. The lowest BCUT2D eigenvalue weighted by Crippen LogP contribution is -2.05. The quantitative estimate of drug-likeness (QED) is 0.762. The van der Waals surface area contributed by atoms with Crippen molar-refractivity contribution in [2.24, 2.45) is 0 Å². The number of hydrogen-bond acceptors (Lipinski definition) is 2. The molecule has 0 spiro atoms. The van der Waals surface area contributed by atoms with Crippen LogP contribution in [0.1, 0.15) is 25.6 Å². The summed E-state index contributed by atoms with van der Waals surface area (Å²) < 4.78 is 2.71. The number of halogens is 3. The van der Waals surface area contributed by atoms with E-state index in [-0.39, 0.29) is 0 Å². The Morgan fingerprint density at radius 2 is 2.00 bits per heavy atom. The van der Waals surface area contributed by atoms with Crippen molar-refractivity contribution in [2.45, 2.75) is 26.4 Å². The summed E-state index contributed by atoms with van der Waals surface area (Å²) in [5.74, 6) is 0. The first-order chi connectivity index (χ1) is 8.99. The largest absolute Gasteiger partial charge is 0.378 e. The Labute approximate surface area is 131 Å². The van der Waals surface area contributed by atoms with E-state index in [1.807, 2.05) is 29.1 Å². The van der Waals surface area contributed by atoms with Crippen molar-refractivity contribution in [3.8, 4) is 0 Å². The van der Waals surface area contributed by atoms with Crippen molar-refractivity contribution in [2.75, 3.05) is 5.32 Å². The number of nitrogens with one attached hydrogen (secondary N) is 1. The van der Waals surface area contributed by atoms with E-state index in [4.69, 9.17) is 23.2 Å². The van der Waals surface area contributed by atoms with Crippen LogP contribution in [0, 0.1) is 0 Å². The van der Waals surface area contributed by atoms with E-state index in [1.54, 1.807) is 0 Å². The van der Waals surface area contributed by atoms with E-state index in [0.29, 0.717) is 22.6 Å². The fourth-order valence-corrected chi connectivity index (χ4v) is 2.45. The van der Waals surface area contributed by atoms with Gasteiger partial charge in [0.15, 0.2) is 0 Å². The van der Waals surface area contributed by atoms with E-state index in [9.17, 15) is 0 Å². The predicted molar refractivity (Wildman–Crippen MR) is 84.1 cm³/mol. The van der Waals surface area contributed by atoms with Crippen LogP contribution < -0.4 is 5.32 Å². The summed E-state index contributed by atoms with van der Waals surface area (Å²) in [6.45, 7) is 4.79. The summed E-state index contributed by atoms with van der Waals surface area (Å²) in [6.07, 6.45) is 1.97. The molecule has 0 radical (unpaired) electrons. The highest BCUT2D eigenvalue weighted by atomic mass is 79.9. The van der Waals surface area contributed by atoms with E-state index >= 15 is 0 Å². The Bertz CT molecular complexity index is 581. The molecule has 0 atom stereocenters. The molecule has 19 heavy (non-hydrogen) atoms. The van der Waals surface area contributed by atoms with Crippen molar-refractivity contribution in [3.63, 3.8) is 0 Å². The molecule has 0 aliphatic rings. The Kier molecular flexibility index (Phi) is 4.76. The summed E-state index contributed by atoms with van der Waals surface area (Å²) in [7, 11) is 0. The summed E-state index contributed by atoms with van der Waals surface area (Å²) in [4.78, 5) is 0. The number of anilines is 1. The Morgan fingerprint density at radius 3 is 2.63 bits per heavy atom. The maximum Gasteiger partial charge on any atom is 0.0835 e. The number of rotatable bonds is 4. The van der Waals surface area contributed by atoms with Crippen LogP contribution in [0.2, 0.25) is 10.0 Å². The molecule has 1 heterocycles. The molecule has 0 aliphatic carbocycles. The maximum atomic E-state index is 6.17. The molecule has 0 unspecified atom stereocenters. The summed E-state index contributed by atoms with van der Waals surface area (Å²) in [6, 6.07) is 6.10. The van der Waals surface area contributed by atoms with Gasteiger partial charge in [-0.25, -0.2) is 0 Å². The standard InChI is InChI=1S/C13H14BrCl2N3/c1-8(2)19-6-5-9(18-19)7-17-11-4-3-10(14)12(15)13(11)16/h3-6,8,17H,7H2,1-2H3. The third kappa shape index (κ3) is 3.44. The third-order valence-electron chi connectivity index (χ3n) is 2.69. The minimum atomic E-state index is 0.361. The minimum absolute atomic E-state index is 0.361. The first kappa shape index (κ1) is 14.7. The molecule has 0 saturated heterocycles. The average molecular weight is 363 g/mol. The van der Waals surface area contributed by atoms with Gasteiger partial charge in [0, 0.05) is 16.7 Å². The second-order valence-electron chi connectivity index (χ2n) is 4.46. The van der Waals surface area contributed by atoms with Crippen molar-refractivity contribution in [3.05, 3.63) is 44.6 Å². The molecule has 3 nitrogen and oxygen atoms in total. The topological polar surface area (TPSA) is 29.9 Å². The normalized spacial score (nSPS) is 11.1. The Balaban J connectivity index is 2.08. The van der Waals surface area contributed by atoms with Gasteiger partial charge in [-0.15, -0.1) is 0 Å². The van der Waals surface area contributed by atoms with Crippen molar-refractivity contribution in [1.82, 2.24) is 9.78 Å². The molecule has 0 aliphatic heterocycles. The number of benzene rings is 1. The van der Waals surface area contributed by atoms with Gasteiger partial charge in [0.2, 0.25) is 0 Å². The van der Waals surface area contributed by atoms with Gasteiger partial charge in [0.1, 0.15) is 0 Å². The molecule has 0 fully saturated rings. The highest BCUT2D eigenvalue weighted by molar-refractivity contribution is 9.10. The van der Waals surface area contributed by atoms with Gasteiger partial charge in [0.25, 0.3) is 0 Å². The van der Waals surface area contributed by atoms with Gasteiger partial charge in [-0.05, 0) is 48.0 Å². The fourth-order valence-electron chi connectivity index (χ4n) is 1.61. The van der Waals surface area contributed by atoms with Gasteiger partial charge in [-0.1, -0.05) is 23.2 Å². The van der Waals surface area contributed by atoms with E-state index < -0.39 is 0 Å². The highest BCUT2D eigenvalue weighted by Crippen LogP contribution is 2.35. The smallest absolute Gasteiger partial charge is 0.0835 e. The lowest BCUT2D eigenvalue weighted by molar-refractivity contribution is 0.527. The molecule has 102 valence electrons. The van der Waals surface area contributed by atoms with Crippen LogP contribution in [0.15, 0.2) is 28.9 Å². The van der Waals surface area contributed by atoms with Gasteiger partial charge in [-0.2, -0.15) is 5.10 Å². The minimum Gasteiger partial charge on any atom is -0.378 e. The molecular weight excluding hydrogens is 349 g/mol. The van der Waals surface area contributed by atoms with Crippen LogP contribution in [0.4, 0.5) is 5.69 Å². The van der Waals surface area contributed by atoms with Gasteiger partial charge < -0.3 is 5.32 Å². The van der Waals surface area contributed by atoms with Crippen molar-refractivity contribution < 1.29 is 0 Å². The summed E-state index contributed by atoms with van der Waals surface area (Å²) >= 11 is 15.6. The van der Waals surface area contributed by atoms with Crippen LogP contribution >= 0.6 is 39.1 Å². The average Bonchev–Trinajstić information content (AvgIpc) is 2.84. The molecule has 6 heteroatoms. The van der Waals surface area contributed by atoms with Crippen molar-refractivity contribution in [1.29, 1.82) is 0 Å². The third-order valence-corrected chi connectivity index (χ3v) is 4.46. The second kappa shape index (κ2) is 6.16. The predicted octanol–water partition coefficient (Wildman–Crippen LogP) is 5.15. The van der Waals surface area contributed by atoms with Crippen LogP contribution in [-0.2, 0) is 6.54 Å². The molecule has 1 aromatic carbocycles. The van der Waals surface area contributed by atoms with Crippen LogP contribution in [0.3, 0.4) is 0 Å². The van der Waals surface area contributed by atoms with Crippen LogP contribution in [0.25, 0.3) is 0 Å². The zero-order valence-electron chi connectivity index (χ0n) is 10.6. The van der Waals surface area contributed by atoms with Crippen LogP contribution in [0.5, 0.6) is 0 Å². The number of aromatic nitrogens is 2. The molecular formula is C13H14BrCl2N3. The fraction of sp³-hybridized carbons (Fsp3) is 0.308. The lowest BCUT2D eigenvalue weighted by Gasteiger charge is -2.09. The van der Waals surface area contributed by atoms with Crippen LogP contribution in [-0.4, -0.2) is 9.78 Å². The Morgan fingerprint density at radius 1 is 1.26 bits per heavy atom. The summed E-state index contributed by atoms with van der Waals surface area (Å²) in [5, 5.41) is 8.73. The number of hydrogen-bond donors (Lipinski definition) is 1. The molecule has 2 rings (SSSR count).